The van der Waals surface area contributed by atoms with E-state index in [4.69, 9.17) is 5.11 Å². The highest BCUT2D eigenvalue weighted by molar-refractivity contribution is 4.69. The van der Waals surface area contributed by atoms with Gasteiger partial charge in [-0.1, -0.05) is 241 Å². The first-order valence-electron chi connectivity index (χ1n) is 19.7. The molecular formula is C47H110O. The van der Waals surface area contributed by atoms with Gasteiger partial charge in [-0.25, -0.2) is 0 Å². The van der Waals surface area contributed by atoms with Gasteiger partial charge < -0.3 is 5.11 Å². The first-order valence-corrected chi connectivity index (χ1v) is 19.7. The minimum atomic E-state index is 0.318. The Morgan fingerprint density at radius 1 is 0.354 bits per heavy atom. The van der Waals surface area contributed by atoms with Crippen LogP contribution in [-0.4, -0.2) is 11.7 Å². The van der Waals surface area contributed by atoms with E-state index in [0.29, 0.717) is 55.8 Å². The van der Waals surface area contributed by atoms with Gasteiger partial charge in [0.25, 0.3) is 0 Å². The molecule has 0 radical (unpaired) electrons. The molecule has 304 valence electrons. The predicted molar refractivity (Wildman–Crippen MR) is 235 cm³/mol. The van der Waals surface area contributed by atoms with E-state index in [1.54, 1.807) is 0 Å². The molecule has 0 saturated carbocycles. The van der Waals surface area contributed by atoms with Crippen LogP contribution in [0.15, 0.2) is 0 Å². The fraction of sp³-hybridized carbons (Fsp3) is 1.00. The molecule has 0 aromatic carbocycles. The predicted octanol–water partition coefficient (Wildman–Crippen LogP) is 17.8. The van der Waals surface area contributed by atoms with Crippen molar-refractivity contribution in [1.29, 1.82) is 0 Å². The van der Waals surface area contributed by atoms with E-state index in [-0.39, 0.29) is 0 Å². The molecule has 0 spiro atoms. The average Bonchev–Trinajstić information content (AvgIpc) is 2.68. The van der Waals surface area contributed by atoms with Crippen molar-refractivity contribution in [3.63, 3.8) is 0 Å². The third-order valence-corrected chi connectivity index (χ3v) is 5.89. The zero-order chi connectivity index (χ0) is 42.0. The molecule has 0 heterocycles. The Morgan fingerprint density at radius 2 is 0.479 bits per heavy atom. The molecule has 0 rings (SSSR count). The summed E-state index contributed by atoms with van der Waals surface area (Å²) in [7, 11) is 0. The molecule has 0 amide bonds. The zero-order valence-corrected chi connectivity index (χ0v) is 41.4. The van der Waals surface area contributed by atoms with Gasteiger partial charge in [0.2, 0.25) is 0 Å². The third kappa shape index (κ3) is 211. The van der Waals surface area contributed by atoms with Crippen molar-refractivity contribution in [2.24, 2.45) is 55.2 Å². The van der Waals surface area contributed by atoms with E-state index in [2.05, 4.69) is 228 Å². The number of hydrogen-bond donors (Lipinski definition) is 1. The Morgan fingerprint density at radius 3 is 0.500 bits per heavy atom. The standard InChI is InChI=1S/C8H18O.C7H16.2C6H14.4C5H12/c1-7(5-6-9)8(2,3)4;1-6(2)7(3,4)5;2*1-5-6(2,3)4;4*1-5(2,3)4/h7,9H,5-6H2,1-4H3;6H,1-5H3;2*5H2,1-4H3;4*1-4H3. The fourth-order valence-corrected chi connectivity index (χ4v) is 0.627. The molecule has 1 unspecified atom stereocenters. The Bertz CT molecular complexity index is 522. The van der Waals surface area contributed by atoms with Crippen LogP contribution in [0, 0.1) is 55.2 Å². The van der Waals surface area contributed by atoms with Crippen LogP contribution in [-0.2, 0) is 0 Å². The monoisotopic (exact) mass is 691 g/mol. The summed E-state index contributed by atoms with van der Waals surface area (Å²) < 4.78 is 0. The van der Waals surface area contributed by atoms with Gasteiger partial charge in [0.15, 0.2) is 0 Å². The molecule has 0 saturated heterocycles. The second-order valence-corrected chi connectivity index (χ2v) is 25.1. The van der Waals surface area contributed by atoms with Crippen LogP contribution in [0.25, 0.3) is 0 Å². The summed E-state index contributed by atoms with van der Waals surface area (Å²) in [6, 6.07) is 0. The largest absolute Gasteiger partial charge is 0.396 e. The molecule has 0 fully saturated rings. The van der Waals surface area contributed by atoms with E-state index in [1.807, 2.05) is 0 Å². The second kappa shape index (κ2) is 29.5. The minimum Gasteiger partial charge on any atom is -0.396 e. The van der Waals surface area contributed by atoms with E-state index in [0.717, 1.165) is 12.3 Å². The number of hydrogen-bond acceptors (Lipinski definition) is 1. The Balaban J connectivity index is -0.0000000641. The molecule has 0 aromatic rings. The molecular weight excluding hydrogens is 581 g/mol. The van der Waals surface area contributed by atoms with Gasteiger partial charge in [0, 0.05) is 6.61 Å². The molecule has 0 aromatic heterocycles. The van der Waals surface area contributed by atoms with Crippen molar-refractivity contribution >= 4 is 0 Å². The second-order valence-electron chi connectivity index (χ2n) is 25.1. The summed E-state index contributed by atoms with van der Waals surface area (Å²) in [6.07, 6.45) is 3.46. The highest BCUT2D eigenvalue weighted by Crippen LogP contribution is 2.27. The summed E-state index contributed by atoms with van der Waals surface area (Å²) in [6.45, 7) is 73.3. The van der Waals surface area contributed by atoms with Crippen molar-refractivity contribution in [3.05, 3.63) is 0 Å². The smallest absolute Gasteiger partial charge is 0.0433 e. The average molecular weight is 691 g/mol. The highest BCUT2D eigenvalue weighted by atomic mass is 16.3. The van der Waals surface area contributed by atoms with Crippen molar-refractivity contribution in [1.82, 2.24) is 0 Å². The molecule has 1 heteroatoms. The van der Waals surface area contributed by atoms with Crippen LogP contribution < -0.4 is 0 Å². The molecule has 1 nitrogen and oxygen atoms in total. The van der Waals surface area contributed by atoms with Gasteiger partial charge in [-0.15, -0.1) is 0 Å². The van der Waals surface area contributed by atoms with Crippen LogP contribution in [0.4, 0.5) is 0 Å². The van der Waals surface area contributed by atoms with E-state index in [1.165, 1.54) is 12.8 Å². The molecule has 1 atom stereocenters. The molecule has 48 heavy (non-hydrogen) atoms. The summed E-state index contributed by atoms with van der Waals surface area (Å²) in [5, 5.41) is 8.60. The maximum atomic E-state index is 8.60. The van der Waals surface area contributed by atoms with Gasteiger partial charge in [0.1, 0.15) is 0 Å². The van der Waals surface area contributed by atoms with Gasteiger partial charge >= 0.3 is 0 Å². The van der Waals surface area contributed by atoms with E-state index < -0.39 is 0 Å². The van der Waals surface area contributed by atoms with Crippen molar-refractivity contribution < 1.29 is 5.11 Å². The topological polar surface area (TPSA) is 20.2 Å². The zero-order valence-electron chi connectivity index (χ0n) is 41.4. The number of rotatable bonds is 2. The minimum absolute atomic E-state index is 0.318. The van der Waals surface area contributed by atoms with E-state index >= 15 is 0 Å². The lowest BCUT2D eigenvalue weighted by atomic mass is 9.80. The van der Waals surface area contributed by atoms with Crippen molar-refractivity contribution in [2.45, 2.75) is 248 Å². The van der Waals surface area contributed by atoms with Crippen molar-refractivity contribution in [2.75, 3.05) is 6.61 Å². The Hall–Kier alpha value is -0.0400. The van der Waals surface area contributed by atoms with Gasteiger partial charge in [-0.2, -0.15) is 0 Å². The van der Waals surface area contributed by atoms with E-state index in [9.17, 15) is 0 Å². The lowest BCUT2D eigenvalue weighted by molar-refractivity contribution is 0.188. The molecule has 0 aliphatic rings. The summed E-state index contributed by atoms with van der Waals surface area (Å²) in [5.41, 5.74) is 3.93. The lowest BCUT2D eigenvalue weighted by Gasteiger charge is -2.26. The quantitative estimate of drug-likeness (QED) is 0.306. The molecule has 0 aliphatic heterocycles. The van der Waals surface area contributed by atoms with Gasteiger partial charge in [-0.05, 0) is 61.6 Å². The Labute approximate surface area is 313 Å². The molecule has 0 aliphatic carbocycles. The first kappa shape index (κ1) is 66.2. The fourth-order valence-electron chi connectivity index (χ4n) is 0.627. The van der Waals surface area contributed by atoms with Crippen LogP contribution in [0.3, 0.4) is 0 Å². The summed E-state index contributed by atoms with van der Waals surface area (Å²) in [4.78, 5) is 0. The summed E-state index contributed by atoms with van der Waals surface area (Å²) in [5.74, 6) is 1.41. The molecule has 0 bridgehead atoms. The maximum Gasteiger partial charge on any atom is 0.0433 e. The lowest BCUT2D eigenvalue weighted by Crippen LogP contribution is -2.18. The Kier molecular flexibility index (Phi) is 40.7. The van der Waals surface area contributed by atoms with Gasteiger partial charge in [0.05, 0.1) is 0 Å². The number of aliphatic hydroxyl groups excluding tert-OH is 1. The van der Waals surface area contributed by atoms with Gasteiger partial charge in [-0.3, -0.25) is 0 Å². The number of aliphatic hydroxyl groups is 1. The summed E-state index contributed by atoms with van der Waals surface area (Å²) >= 11 is 0. The van der Waals surface area contributed by atoms with Crippen molar-refractivity contribution in [3.8, 4) is 0 Å². The third-order valence-electron chi connectivity index (χ3n) is 5.89. The first-order chi connectivity index (χ1) is 20.0. The van der Waals surface area contributed by atoms with Crippen LogP contribution in [0.2, 0.25) is 0 Å². The van der Waals surface area contributed by atoms with Crippen LogP contribution >= 0.6 is 0 Å². The SMILES string of the molecule is CC(C)(C)C.CC(C)(C)C.CC(C)(C)C.CC(C)(C)C.CC(C)C(C)(C)C.CC(CCO)C(C)(C)C.CCC(C)(C)C.CCC(C)(C)C. The highest BCUT2D eigenvalue weighted by Gasteiger charge is 2.18. The maximum absolute atomic E-state index is 8.60. The molecule has 1 N–H and O–H groups in total. The normalized spacial score (nSPS) is 12.8. The van der Waals surface area contributed by atoms with Crippen LogP contribution in [0.1, 0.15) is 248 Å². The van der Waals surface area contributed by atoms with Crippen LogP contribution in [0.5, 0.6) is 0 Å².